The highest BCUT2D eigenvalue weighted by atomic mass is 16.5. The largest absolute Gasteiger partial charge is 0.494 e. The summed E-state index contributed by atoms with van der Waals surface area (Å²) in [6.45, 7) is 8.16. The first-order valence-electron chi connectivity index (χ1n) is 7.81. The molecule has 0 saturated heterocycles. The van der Waals surface area contributed by atoms with Gasteiger partial charge in [0.1, 0.15) is 5.75 Å². The van der Waals surface area contributed by atoms with E-state index in [-0.39, 0.29) is 0 Å². The third-order valence-corrected chi connectivity index (χ3v) is 3.58. The van der Waals surface area contributed by atoms with Crippen LogP contribution in [-0.4, -0.2) is 13.2 Å². The molecule has 112 valence electrons. The smallest absolute Gasteiger partial charge is 0.119 e. The van der Waals surface area contributed by atoms with Crippen LogP contribution in [0, 0.1) is 0 Å². The average molecular weight is 283 g/mol. The van der Waals surface area contributed by atoms with Crippen LogP contribution in [0.2, 0.25) is 0 Å². The summed E-state index contributed by atoms with van der Waals surface area (Å²) < 4.78 is 5.62. The molecular weight excluding hydrogens is 258 g/mol. The molecule has 2 nitrogen and oxygen atoms in total. The Balaban J connectivity index is 2.33. The standard InChI is InChI=1S/C19H25NO/c1-4-13-20-15(3)18-11-6-7-12-19(18)16-9-8-10-17(14-16)21-5-2/h6-12,14-15,20H,4-5,13H2,1-3H3. The van der Waals surface area contributed by atoms with Gasteiger partial charge in [0, 0.05) is 6.04 Å². The van der Waals surface area contributed by atoms with Crippen LogP contribution in [0.5, 0.6) is 5.75 Å². The molecule has 1 atom stereocenters. The van der Waals surface area contributed by atoms with Crippen LogP contribution in [0.25, 0.3) is 11.1 Å². The van der Waals surface area contributed by atoms with Crippen molar-refractivity contribution in [1.29, 1.82) is 0 Å². The molecule has 0 aromatic heterocycles. The van der Waals surface area contributed by atoms with Gasteiger partial charge in [0.25, 0.3) is 0 Å². The molecule has 0 spiro atoms. The molecule has 0 bridgehead atoms. The molecule has 2 aromatic carbocycles. The maximum atomic E-state index is 5.62. The van der Waals surface area contributed by atoms with Crippen LogP contribution in [0.3, 0.4) is 0 Å². The first kappa shape index (κ1) is 15.6. The summed E-state index contributed by atoms with van der Waals surface area (Å²) in [5, 5.41) is 3.57. The van der Waals surface area contributed by atoms with Gasteiger partial charge >= 0.3 is 0 Å². The van der Waals surface area contributed by atoms with E-state index in [0.29, 0.717) is 12.6 Å². The summed E-state index contributed by atoms with van der Waals surface area (Å²) in [6.07, 6.45) is 1.15. The maximum absolute atomic E-state index is 5.62. The molecule has 0 fully saturated rings. The average Bonchev–Trinajstić information content (AvgIpc) is 2.53. The fraction of sp³-hybridized carbons (Fsp3) is 0.368. The van der Waals surface area contributed by atoms with Gasteiger partial charge in [0.2, 0.25) is 0 Å². The fourth-order valence-corrected chi connectivity index (χ4v) is 2.53. The van der Waals surface area contributed by atoms with Gasteiger partial charge in [-0.2, -0.15) is 0 Å². The molecule has 0 aliphatic heterocycles. The monoisotopic (exact) mass is 283 g/mol. The number of rotatable bonds is 7. The Morgan fingerprint density at radius 2 is 1.86 bits per heavy atom. The second-order valence-electron chi connectivity index (χ2n) is 5.22. The zero-order chi connectivity index (χ0) is 15.1. The van der Waals surface area contributed by atoms with Crippen LogP contribution in [0.15, 0.2) is 48.5 Å². The topological polar surface area (TPSA) is 21.3 Å². The van der Waals surface area contributed by atoms with Crippen LogP contribution < -0.4 is 10.1 Å². The number of hydrogen-bond donors (Lipinski definition) is 1. The van der Waals surface area contributed by atoms with Gasteiger partial charge < -0.3 is 10.1 Å². The minimum absolute atomic E-state index is 0.344. The van der Waals surface area contributed by atoms with Crippen molar-refractivity contribution in [3.63, 3.8) is 0 Å². The van der Waals surface area contributed by atoms with Crippen molar-refractivity contribution in [2.24, 2.45) is 0 Å². The van der Waals surface area contributed by atoms with Crippen LogP contribution in [-0.2, 0) is 0 Å². The molecule has 0 aliphatic rings. The van der Waals surface area contributed by atoms with E-state index in [1.807, 2.05) is 13.0 Å². The summed E-state index contributed by atoms with van der Waals surface area (Å²) in [6, 6.07) is 17.3. The highest BCUT2D eigenvalue weighted by molar-refractivity contribution is 5.69. The van der Waals surface area contributed by atoms with Gasteiger partial charge in [-0.25, -0.2) is 0 Å². The van der Waals surface area contributed by atoms with E-state index in [0.717, 1.165) is 18.7 Å². The van der Waals surface area contributed by atoms with Gasteiger partial charge in [-0.05, 0) is 55.6 Å². The predicted octanol–water partition coefficient (Wildman–Crippen LogP) is 4.81. The second kappa shape index (κ2) is 7.84. The van der Waals surface area contributed by atoms with Crippen molar-refractivity contribution in [2.75, 3.05) is 13.2 Å². The van der Waals surface area contributed by atoms with E-state index in [2.05, 4.69) is 61.6 Å². The lowest BCUT2D eigenvalue weighted by molar-refractivity contribution is 0.340. The quantitative estimate of drug-likeness (QED) is 0.787. The van der Waals surface area contributed by atoms with E-state index < -0.39 is 0 Å². The van der Waals surface area contributed by atoms with Gasteiger partial charge in [-0.15, -0.1) is 0 Å². The van der Waals surface area contributed by atoms with Crippen molar-refractivity contribution in [3.8, 4) is 16.9 Å². The van der Waals surface area contributed by atoms with Gasteiger partial charge in [0.05, 0.1) is 6.61 Å². The van der Waals surface area contributed by atoms with E-state index in [9.17, 15) is 0 Å². The maximum Gasteiger partial charge on any atom is 0.119 e. The van der Waals surface area contributed by atoms with E-state index in [1.165, 1.54) is 16.7 Å². The molecule has 2 rings (SSSR count). The molecule has 21 heavy (non-hydrogen) atoms. The zero-order valence-electron chi connectivity index (χ0n) is 13.2. The third kappa shape index (κ3) is 4.08. The molecule has 0 radical (unpaired) electrons. The second-order valence-corrected chi connectivity index (χ2v) is 5.22. The molecule has 2 aromatic rings. The van der Waals surface area contributed by atoms with E-state index in [4.69, 9.17) is 4.74 Å². The van der Waals surface area contributed by atoms with Gasteiger partial charge in [-0.1, -0.05) is 43.3 Å². The Bertz CT molecular complexity index is 565. The SMILES string of the molecule is CCCNC(C)c1ccccc1-c1cccc(OCC)c1. The minimum atomic E-state index is 0.344. The third-order valence-electron chi connectivity index (χ3n) is 3.58. The lowest BCUT2D eigenvalue weighted by Gasteiger charge is -2.18. The van der Waals surface area contributed by atoms with E-state index in [1.54, 1.807) is 0 Å². The van der Waals surface area contributed by atoms with Gasteiger partial charge in [-0.3, -0.25) is 0 Å². The normalized spacial score (nSPS) is 12.1. The van der Waals surface area contributed by atoms with Crippen molar-refractivity contribution in [3.05, 3.63) is 54.1 Å². The molecule has 0 amide bonds. The van der Waals surface area contributed by atoms with Crippen molar-refractivity contribution >= 4 is 0 Å². The lowest BCUT2D eigenvalue weighted by atomic mass is 9.95. The summed E-state index contributed by atoms with van der Waals surface area (Å²) in [5.74, 6) is 0.930. The fourth-order valence-electron chi connectivity index (χ4n) is 2.53. The molecule has 0 aliphatic carbocycles. The first-order chi connectivity index (χ1) is 10.3. The molecule has 0 heterocycles. The lowest BCUT2D eigenvalue weighted by Crippen LogP contribution is -2.19. The summed E-state index contributed by atoms with van der Waals surface area (Å²) in [7, 11) is 0. The molecule has 0 saturated carbocycles. The minimum Gasteiger partial charge on any atom is -0.494 e. The number of nitrogens with one attached hydrogen (secondary N) is 1. The van der Waals surface area contributed by atoms with Crippen molar-refractivity contribution < 1.29 is 4.74 Å². The molecule has 1 N–H and O–H groups in total. The Labute approximate surface area is 128 Å². The predicted molar refractivity (Wildman–Crippen MR) is 89.8 cm³/mol. The zero-order valence-corrected chi connectivity index (χ0v) is 13.2. The summed E-state index contributed by atoms with van der Waals surface area (Å²) >= 11 is 0. The van der Waals surface area contributed by atoms with Crippen LogP contribution >= 0.6 is 0 Å². The number of hydrogen-bond acceptors (Lipinski definition) is 2. The highest BCUT2D eigenvalue weighted by Crippen LogP contribution is 2.30. The van der Waals surface area contributed by atoms with Crippen molar-refractivity contribution in [1.82, 2.24) is 5.32 Å². The molecular formula is C19H25NO. The Kier molecular flexibility index (Phi) is 5.82. The first-order valence-corrected chi connectivity index (χ1v) is 7.81. The number of ether oxygens (including phenoxy) is 1. The van der Waals surface area contributed by atoms with Crippen LogP contribution in [0.4, 0.5) is 0 Å². The summed E-state index contributed by atoms with van der Waals surface area (Å²) in [4.78, 5) is 0. The molecule has 1 unspecified atom stereocenters. The Hall–Kier alpha value is -1.80. The Morgan fingerprint density at radius 3 is 2.62 bits per heavy atom. The number of benzene rings is 2. The molecule has 2 heteroatoms. The highest BCUT2D eigenvalue weighted by Gasteiger charge is 2.11. The van der Waals surface area contributed by atoms with Crippen LogP contribution in [0.1, 0.15) is 38.8 Å². The Morgan fingerprint density at radius 1 is 1.05 bits per heavy atom. The van der Waals surface area contributed by atoms with Gasteiger partial charge in [0.15, 0.2) is 0 Å². The van der Waals surface area contributed by atoms with Crippen molar-refractivity contribution in [2.45, 2.75) is 33.2 Å². The summed E-state index contributed by atoms with van der Waals surface area (Å²) in [5.41, 5.74) is 3.82. The van der Waals surface area contributed by atoms with E-state index >= 15 is 0 Å².